The summed E-state index contributed by atoms with van der Waals surface area (Å²) < 4.78 is 6.51. The van der Waals surface area contributed by atoms with Crippen molar-refractivity contribution in [1.29, 1.82) is 0 Å². The largest absolute Gasteiger partial charge is 0.456 e. The molecule has 11 rings (SSSR count). The quantitative estimate of drug-likeness (QED) is 0.153. The van der Waals surface area contributed by atoms with Crippen molar-refractivity contribution in [3.8, 4) is 55.6 Å². The van der Waals surface area contributed by atoms with Crippen molar-refractivity contribution in [3.63, 3.8) is 0 Å². The average molecular weight is 766 g/mol. The first-order valence-electron chi connectivity index (χ1n) is 20.5. The molecule has 0 aliphatic rings. The number of anilines is 3. The molecule has 282 valence electrons. The molecule has 11 aromatic rings. The number of fused-ring (bicyclic) bond motifs is 5. The van der Waals surface area contributed by atoms with Gasteiger partial charge in [-0.2, -0.15) is 0 Å². The van der Waals surface area contributed by atoms with Crippen molar-refractivity contribution in [2.75, 3.05) is 4.90 Å². The molecule has 0 atom stereocenters. The highest BCUT2D eigenvalue weighted by Crippen LogP contribution is 2.43. The predicted octanol–water partition coefficient (Wildman–Crippen LogP) is 16.5. The summed E-state index contributed by atoms with van der Waals surface area (Å²) in [5.41, 5.74) is 16.9. The first kappa shape index (κ1) is 35.2. The van der Waals surface area contributed by atoms with Gasteiger partial charge in [-0.3, -0.25) is 0 Å². The third-order valence-electron chi connectivity index (χ3n) is 11.7. The lowest BCUT2D eigenvalue weighted by Crippen LogP contribution is -2.09. The van der Waals surface area contributed by atoms with Crippen molar-refractivity contribution < 1.29 is 4.42 Å². The minimum absolute atomic E-state index is 0.898. The maximum Gasteiger partial charge on any atom is 0.136 e. The molecule has 0 aliphatic heterocycles. The standard InChI is InChI=1S/C58H39NO/c1-4-13-40(14-5-1)43-23-30-49(31-24-43)59(50-32-25-44(26-33-50)41-15-6-2-7-16-41)51-34-27-45(28-35-51)47-29-36-52-55(38-47)54(39-57-58(52)53-21-10-11-22-56(53)60-57)48-20-12-19-46(37-48)42-17-8-3-9-18-42/h1-39H. The third-order valence-corrected chi connectivity index (χ3v) is 11.7. The first-order valence-corrected chi connectivity index (χ1v) is 20.5. The fourth-order valence-electron chi connectivity index (χ4n) is 8.67. The summed E-state index contributed by atoms with van der Waals surface area (Å²) in [5, 5.41) is 4.66. The van der Waals surface area contributed by atoms with Crippen LogP contribution < -0.4 is 4.90 Å². The number of benzene rings is 10. The predicted molar refractivity (Wildman–Crippen MR) is 253 cm³/mol. The van der Waals surface area contributed by atoms with E-state index in [1.807, 2.05) is 6.07 Å². The van der Waals surface area contributed by atoms with Gasteiger partial charge in [0.15, 0.2) is 0 Å². The topological polar surface area (TPSA) is 16.4 Å². The van der Waals surface area contributed by atoms with Crippen LogP contribution in [-0.2, 0) is 0 Å². The number of nitrogens with zero attached hydrogens (tertiary/aromatic N) is 1. The second-order valence-electron chi connectivity index (χ2n) is 15.3. The van der Waals surface area contributed by atoms with E-state index in [9.17, 15) is 0 Å². The Labute approximate surface area is 349 Å². The molecule has 0 amide bonds. The van der Waals surface area contributed by atoms with Crippen LogP contribution in [0.2, 0.25) is 0 Å². The summed E-state index contributed by atoms with van der Waals surface area (Å²) in [6.45, 7) is 0. The van der Waals surface area contributed by atoms with Gasteiger partial charge in [0.25, 0.3) is 0 Å². The van der Waals surface area contributed by atoms with E-state index < -0.39 is 0 Å². The molecule has 0 fully saturated rings. The van der Waals surface area contributed by atoms with E-state index in [1.165, 1.54) is 44.2 Å². The van der Waals surface area contributed by atoms with Crippen molar-refractivity contribution in [2.45, 2.75) is 0 Å². The molecular weight excluding hydrogens is 727 g/mol. The Morgan fingerprint density at radius 1 is 0.250 bits per heavy atom. The molecule has 0 saturated carbocycles. The molecule has 2 nitrogen and oxygen atoms in total. The molecule has 0 unspecified atom stereocenters. The number of rotatable bonds is 8. The molecule has 1 aromatic heterocycles. The van der Waals surface area contributed by atoms with Crippen LogP contribution in [0.15, 0.2) is 241 Å². The summed E-state index contributed by atoms with van der Waals surface area (Å²) >= 11 is 0. The van der Waals surface area contributed by atoms with Crippen LogP contribution in [0.25, 0.3) is 88.3 Å². The first-order chi connectivity index (χ1) is 29.7. The van der Waals surface area contributed by atoms with Gasteiger partial charge >= 0.3 is 0 Å². The Morgan fingerprint density at radius 2 is 0.667 bits per heavy atom. The Bertz CT molecular complexity index is 3180. The lowest BCUT2D eigenvalue weighted by atomic mass is 9.91. The van der Waals surface area contributed by atoms with E-state index in [0.717, 1.165) is 61.3 Å². The molecular formula is C58H39NO. The van der Waals surface area contributed by atoms with E-state index in [-0.39, 0.29) is 0 Å². The van der Waals surface area contributed by atoms with Crippen LogP contribution in [0.1, 0.15) is 0 Å². The smallest absolute Gasteiger partial charge is 0.136 e. The van der Waals surface area contributed by atoms with Crippen molar-refractivity contribution in [1.82, 2.24) is 0 Å². The Morgan fingerprint density at radius 3 is 1.23 bits per heavy atom. The minimum atomic E-state index is 0.898. The second-order valence-corrected chi connectivity index (χ2v) is 15.3. The van der Waals surface area contributed by atoms with E-state index in [2.05, 4.69) is 235 Å². The Kier molecular flexibility index (Phi) is 8.87. The number of furan rings is 1. The van der Waals surface area contributed by atoms with Gasteiger partial charge in [-0.15, -0.1) is 0 Å². The highest BCUT2D eigenvalue weighted by atomic mass is 16.3. The average Bonchev–Trinajstić information content (AvgIpc) is 3.72. The molecule has 10 aromatic carbocycles. The fraction of sp³-hybridized carbons (Fsp3) is 0. The SMILES string of the molecule is c1ccc(-c2ccc(N(c3ccc(-c4ccccc4)cc3)c3ccc(-c4ccc5c(c4)c(-c4cccc(-c6ccccc6)c4)cc4oc6ccccc6c45)cc3)cc2)cc1. The summed E-state index contributed by atoms with van der Waals surface area (Å²) in [6, 6.07) is 84.8. The van der Waals surface area contributed by atoms with Crippen LogP contribution in [0.4, 0.5) is 17.1 Å². The molecule has 2 heteroatoms. The van der Waals surface area contributed by atoms with Crippen molar-refractivity contribution in [3.05, 3.63) is 237 Å². The lowest BCUT2D eigenvalue weighted by Gasteiger charge is -2.26. The molecule has 60 heavy (non-hydrogen) atoms. The molecule has 0 N–H and O–H groups in total. The van der Waals surface area contributed by atoms with Gasteiger partial charge in [0, 0.05) is 27.8 Å². The van der Waals surface area contributed by atoms with Gasteiger partial charge < -0.3 is 9.32 Å². The van der Waals surface area contributed by atoms with Gasteiger partial charge in [0.05, 0.1) is 0 Å². The molecule has 1 heterocycles. The van der Waals surface area contributed by atoms with Gasteiger partial charge in [-0.1, -0.05) is 176 Å². The summed E-state index contributed by atoms with van der Waals surface area (Å²) in [4.78, 5) is 2.34. The fourth-order valence-corrected chi connectivity index (χ4v) is 8.67. The lowest BCUT2D eigenvalue weighted by molar-refractivity contribution is 0.669. The molecule has 0 bridgehead atoms. The molecule has 0 saturated heterocycles. The number of hydrogen-bond acceptors (Lipinski definition) is 2. The Hall–Kier alpha value is -7.94. The summed E-state index contributed by atoms with van der Waals surface area (Å²) in [7, 11) is 0. The van der Waals surface area contributed by atoms with Crippen LogP contribution in [0, 0.1) is 0 Å². The third kappa shape index (κ3) is 6.51. The number of hydrogen-bond donors (Lipinski definition) is 0. The zero-order chi connectivity index (χ0) is 39.8. The minimum Gasteiger partial charge on any atom is -0.456 e. The van der Waals surface area contributed by atoms with Gasteiger partial charge in [-0.25, -0.2) is 0 Å². The zero-order valence-electron chi connectivity index (χ0n) is 32.9. The van der Waals surface area contributed by atoms with E-state index >= 15 is 0 Å². The van der Waals surface area contributed by atoms with E-state index in [1.54, 1.807) is 0 Å². The zero-order valence-corrected chi connectivity index (χ0v) is 32.9. The maximum atomic E-state index is 6.51. The van der Waals surface area contributed by atoms with Crippen molar-refractivity contribution in [2.24, 2.45) is 0 Å². The number of para-hydroxylation sites is 1. The normalized spacial score (nSPS) is 11.3. The molecule has 0 aliphatic carbocycles. The highest BCUT2D eigenvalue weighted by Gasteiger charge is 2.18. The van der Waals surface area contributed by atoms with Gasteiger partial charge in [-0.05, 0) is 127 Å². The van der Waals surface area contributed by atoms with E-state index in [4.69, 9.17) is 4.42 Å². The molecule has 0 spiro atoms. The maximum absolute atomic E-state index is 6.51. The van der Waals surface area contributed by atoms with Crippen LogP contribution in [-0.4, -0.2) is 0 Å². The summed E-state index contributed by atoms with van der Waals surface area (Å²) in [6.07, 6.45) is 0. The van der Waals surface area contributed by atoms with Crippen LogP contribution in [0.5, 0.6) is 0 Å². The van der Waals surface area contributed by atoms with Gasteiger partial charge in [0.1, 0.15) is 11.2 Å². The van der Waals surface area contributed by atoms with Crippen LogP contribution in [0.3, 0.4) is 0 Å². The second kappa shape index (κ2) is 15.1. The van der Waals surface area contributed by atoms with Gasteiger partial charge in [0.2, 0.25) is 0 Å². The molecule has 0 radical (unpaired) electrons. The highest BCUT2D eigenvalue weighted by molar-refractivity contribution is 6.22. The van der Waals surface area contributed by atoms with Crippen LogP contribution >= 0.6 is 0 Å². The van der Waals surface area contributed by atoms with Crippen molar-refractivity contribution >= 4 is 49.8 Å². The summed E-state index contributed by atoms with van der Waals surface area (Å²) in [5.74, 6) is 0. The Balaban J connectivity index is 1.01. The monoisotopic (exact) mass is 765 g/mol. The van der Waals surface area contributed by atoms with E-state index in [0.29, 0.717) is 0 Å².